The Labute approximate surface area is 216 Å². The van der Waals surface area contributed by atoms with Gasteiger partial charge in [-0.05, 0) is 105 Å². The molecule has 2 atom stereocenters. The van der Waals surface area contributed by atoms with Gasteiger partial charge in [0, 0.05) is 44.6 Å². The van der Waals surface area contributed by atoms with Crippen LogP contribution in [0.1, 0.15) is 79.1 Å². The minimum absolute atomic E-state index is 0.446. The lowest BCUT2D eigenvalue weighted by molar-refractivity contribution is 0.143. The van der Waals surface area contributed by atoms with Crippen LogP contribution in [0.4, 0.5) is 0 Å². The molecule has 0 aromatic heterocycles. The van der Waals surface area contributed by atoms with E-state index in [0.29, 0.717) is 5.41 Å². The first kappa shape index (κ1) is 27.6. The van der Waals surface area contributed by atoms with Gasteiger partial charge in [-0.3, -0.25) is 4.99 Å². The number of hydrogen-bond acceptors (Lipinski definition) is 4. The molecule has 35 heavy (non-hydrogen) atoms. The van der Waals surface area contributed by atoms with Crippen molar-refractivity contribution in [1.82, 2.24) is 15.1 Å². The largest absolute Gasteiger partial charge is 0.376 e. The Morgan fingerprint density at radius 2 is 1.94 bits per heavy atom. The van der Waals surface area contributed by atoms with Gasteiger partial charge in [0.25, 0.3) is 0 Å². The number of allylic oxidation sites excluding steroid dienone is 1. The molecule has 3 fully saturated rings. The highest BCUT2D eigenvalue weighted by Crippen LogP contribution is 2.45. The predicted molar refractivity (Wildman–Crippen MR) is 152 cm³/mol. The van der Waals surface area contributed by atoms with Gasteiger partial charge in [-0.1, -0.05) is 40.5 Å². The first-order valence-electron chi connectivity index (χ1n) is 14.1. The molecular formula is C31H52N4. The van der Waals surface area contributed by atoms with Gasteiger partial charge < -0.3 is 15.1 Å². The van der Waals surface area contributed by atoms with Gasteiger partial charge >= 0.3 is 0 Å². The fraction of sp³-hybridized carbons (Fsp3) is 0.710. The molecular weight excluding hydrogens is 428 g/mol. The quantitative estimate of drug-likeness (QED) is 0.272. The lowest BCUT2D eigenvalue weighted by Gasteiger charge is -2.40. The summed E-state index contributed by atoms with van der Waals surface area (Å²) in [5, 5.41) is 3.58. The molecule has 4 heteroatoms. The van der Waals surface area contributed by atoms with Crippen molar-refractivity contribution in [2.45, 2.75) is 79.1 Å². The summed E-state index contributed by atoms with van der Waals surface area (Å²) in [4.78, 5) is 8.71. The van der Waals surface area contributed by atoms with Crippen molar-refractivity contribution in [2.24, 2.45) is 34.1 Å². The first-order chi connectivity index (χ1) is 16.6. The Bertz CT molecular complexity index is 799. The van der Waals surface area contributed by atoms with Gasteiger partial charge in [-0.25, -0.2) is 0 Å². The fourth-order valence-corrected chi connectivity index (χ4v) is 6.33. The lowest BCUT2D eigenvalue weighted by Crippen LogP contribution is -2.31. The molecule has 0 aromatic carbocycles. The summed E-state index contributed by atoms with van der Waals surface area (Å²) < 4.78 is 0. The first-order valence-corrected chi connectivity index (χ1v) is 14.1. The topological polar surface area (TPSA) is 30.9 Å². The highest BCUT2D eigenvalue weighted by atomic mass is 15.3. The summed E-state index contributed by atoms with van der Waals surface area (Å²) in [5.41, 5.74) is 4.09. The van der Waals surface area contributed by atoms with Gasteiger partial charge in [0.1, 0.15) is 0 Å². The SMILES string of the molecule is C=N/C=C1/CN(C(=C)NCC2CC2CCN(CC)C(=C)CC2(C)CCC(CC(C)C)CC2)CC1=C. The van der Waals surface area contributed by atoms with Crippen LogP contribution in [0, 0.1) is 29.1 Å². The second-order valence-corrected chi connectivity index (χ2v) is 12.4. The van der Waals surface area contributed by atoms with Crippen molar-refractivity contribution in [3.8, 4) is 0 Å². The van der Waals surface area contributed by atoms with E-state index in [-0.39, 0.29) is 0 Å². The molecule has 0 aromatic rings. The monoisotopic (exact) mass is 480 g/mol. The standard InChI is InChI=1S/C31H52N4/c1-9-34(25(5)18-31(7)13-10-27(11-14-31)16-23(2)3)15-12-28-17-29(28)20-33-26(6)35-21-24(4)30(22-35)19-32-8/h19,23,27-29,33H,4-6,8-18,20-22H2,1-3,7H3/b30-19-. The predicted octanol–water partition coefficient (Wildman–Crippen LogP) is 7.00. The second kappa shape index (κ2) is 12.3. The zero-order valence-electron chi connectivity index (χ0n) is 23.2. The van der Waals surface area contributed by atoms with E-state index in [0.717, 1.165) is 73.4 Å². The third-order valence-electron chi connectivity index (χ3n) is 8.81. The molecule has 0 spiro atoms. The van der Waals surface area contributed by atoms with Gasteiger partial charge in [-0.2, -0.15) is 0 Å². The van der Waals surface area contributed by atoms with E-state index in [2.05, 4.69) is 74.3 Å². The van der Waals surface area contributed by atoms with E-state index in [1.165, 1.54) is 57.1 Å². The number of nitrogens with one attached hydrogen (secondary N) is 1. The second-order valence-electron chi connectivity index (χ2n) is 12.4. The van der Waals surface area contributed by atoms with Gasteiger partial charge in [0.2, 0.25) is 0 Å². The van der Waals surface area contributed by atoms with Crippen molar-refractivity contribution in [3.63, 3.8) is 0 Å². The minimum Gasteiger partial charge on any atom is -0.376 e. The molecule has 3 rings (SSSR count). The Kier molecular flexibility index (Phi) is 9.72. The summed E-state index contributed by atoms with van der Waals surface area (Å²) in [6.07, 6.45) is 12.5. The number of likely N-dealkylation sites (tertiary alicyclic amines) is 1. The summed E-state index contributed by atoms with van der Waals surface area (Å²) in [5.74, 6) is 4.38. The molecule has 196 valence electrons. The van der Waals surface area contributed by atoms with Crippen LogP contribution in [0.15, 0.2) is 53.6 Å². The average molecular weight is 481 g/mol. The van der Waals surface area contributed by atoms with Crippen molar-refractivity contribution in [2.75, 3.05) is 32.7 Å². The van der Waals surface area contributed by atoms with Crippen molar-refractivity contribution >= 4 is 6.72 Å². The van der Waals surface area contributed by atoms with Crippen LogP contribution in [0.25, 0.3) is 0 Å². The molecule has 1 N–H and O–H groups in total. The van der Waals surface area contributed by atoms with Crippen LogP contribution >= 0.6 is 0 Å². The Morgan fingerprint density at radius 1 is 1.23 bits per heavy atom. The zero-order chi connectivity index (χ0) is 25.6. The number of nitrogens with zero attached hydrogens (tertiary/aromatic N) is 3. The van der Waals surface area contributed by atoms with Gasteiger partial charge in [-0.15, -0.1) is 0 Å². The third-order valence-corrected chi connectivity index (χ3v) is 8.81. The molecule has 4 nitrogen and oxygen atoms in total. The van der Waals surface area contributed by atoms with Crippen LogP contribution in [-0.4, -0.2) is 49.2 Å². The maximum atomic E-state index is 4.55. The maximum Gasteiger partial charge on any atom is 0.0944 e. The van der Waals surface area contributed by atoms with Crippen LogP contribution in [-0.2, 0) is 0 Å². The molecule has 3 aliphatic rings. The van der Waals surface area contributed by atoms with E-state index in [1.54, 1.807) is 0 Å². The minimum atomic E-state index is 0.446. The molecule has 1 heterocycles. The molecule has 1 saturated heterocycles. The zero-order valence-corrected chi connectivity index (χ0v) is 23.2. The van der Waals surface area contributed by atoms with E-state index in [1.807, 2.05) is 6.20 Å². The number of aliphatic imine (C=N–C) groups is 1. The normalized spacial score (nSPS) is 29.5. The van der Waals surface area contributed by atoms with E-state index in [9.17, 15) is 0 Å². The van der Waals surface area contributed by atoms with E-state index in [4.69, 9.17) is 0 Å². The van der Waals surface area contributed by atoms with Gasteiger partial charge in [0.05, 0.1) is 5.82 Å². The van der Waals surface area contributed by atoms with Crippen LogP contribution in [0.3, 0.4) is 0 Å². The van der Waals surface area contributed by atoms with E-state index < -0.39 is 0 Å². The summed E-state index contributed by atoms with van der Waals surface area (Å²) in [7, 11) is 0. The number of hydrogen-bond donors (Lipinski definition) is 1. The molecule has 0 radical (unpaired) electrons. The molecule has 0 bridgehead atoms. The molecule has 2 unspecified atom stereocenters. The van der Waals surface area contributed by atoms with Crippen LogP contribution < -0.4 is 5.32 Å². The summed E-state index contributed by atoms with van der Waals surface area (Å²) in [6.45, 7) is 31.0. The lowest BCUT2D eigenvalue weighted by atomic mass is 9.68. The average Bonchev–Trinajstić information content (AvgIpc) is 3.46. The Balaban J connectivity index is 1.35. The molecule has 0 amide bonds. The van der Waals surface area contributed by atoms with E-state index >= 15 is 0 Å². The van der Waals surface area contributed by atoms with Crippen LogP contribution in [0.5, 0.6) is 0 Å². The van der Waals surface area contributed by atoms with Crippen LogP contribution in [0.2, 0.25) is 0 Å². The van der Waals surface area contributed by atoms with Gasteiger partial charge in [0.15, 0.2) is 0 Å². The highest BCUT2D eigenvalue weighted by Gasteiger charge is 2.37. The Morgan fingerprint density at radius 3 is 2.57 bits per heavy atom. The molecule has 1 aliphatic heterocycles. The van der Waals surface area contributed by atoms with Crippen molar-refractivity contribution in [3.05, 3.63) is 48.6 Å². The smallest absolute Gasteiger partial charge is 0.0944 e. The summed E-state index contributed by atoms with van der Waals surface area (Å²) >= 11 is 0. The molecule has 2 saturated carbocycles. The molecule has 2 aliphatic carbocycles. The summed E-state index contributed by atoms with van der Waals surface area (Å²) in [6, 6.07) is 0. The third kappa shape index (κ3) is 8.02. The maximum absolute atomic E-state index is 4.55. The van der Waals surface area contributed by atoms with Crippen molar-refractivity contribution < 1.29 is 0 Å². The highest BCUT2D eigenvalue weighted by molar-refractivity contribution is 5.39. The van der Waals surface area contributed by atoms with Crippen molar-refractivity contribution in [1.29, 1.82) is 0 Å². The Hall–Kier alpha value is -1.97. The number of rotatable bonds is 14. The fourth-order valence-electron chi connectivity index (χ4n) is 6.33.